The maximum absolute atomic E-state index is 13.4. The fraction of sp³-hybridized carbons (Fsp3) is 0.444. The lowest BCUT2D eigenvalue weighted by molar-refractivity contribution is -0.119. The molecule has 0 saturated carbocycles. The Kier molecular flexibility index (Phi) is 5.87. The summed E-state index contributed by atoms with van der Waals surface area (Å²) >= 11 is 0. The topological polar surface area (TPSA) is 43.4 Å². The van der Waals surface area contributed by atoms with Gasteiger partial charge in [-0.3, -0.25) is 4.79 Å². The molecule has 0 fully saturated rings. The van der Waals surface area contributed by atoms with Gasteiger partial charge in [-0.05, 0) is 56.4 Å². The fourth-order valence-corrected chi connectivity index (χ4v) is 2.50. The van der Waals surface area contributed by atoms with Crippen LogP contribution in [0, 0.1) is 5.82 Å². The van der Waals surface area contributed by atoms with Crippen molar-refractivity contribution in [1.82, 2.24) is 0 Å². The van der Waals surface area contributed by atoms with Crippen molar-refractivity contribution in [2.24, 2.45) is 0 Å². The lowest BCUT2D eigenvalue weighted by Gasteiger charge is -2.14. The molecule has 1 aromatic rings. The molecule has 1 aliphatic rings. The zero-order chi connectivity index (χ0) is 15.9. The molecule has 1 aliphatic heterocycles. The van der Waals surface area contributed by atoms with E-state index in [2.05, 4.69) is 0 Å². The number of rotatable bonds is 0. The molecule has 3 nitrogen and oxygen atoms in total. The van der Waals surface area contributed by atoms with Gasteiger partial charge in [-0.2, -0.15) is 0 Å². The normalized spacial score (nSPS) is 22.4. The number of hydrogen-bond acceptors (Lipinski definition) is 3. The third-order valence-electron chi connectivity index (χ3n) is 3.73. The third-order valence-corrected chi connectivity index (χ3v) is 3.73. The van der Waals surface area contributed by atoms with Crippen LogP contribution in [0.3, 0.4) is 0 Å². The first-order valence-corrected chi connectivity index (χ1v) is 7.75. The molecule has 118 valence electrons. The zero-order valence-electron chi connectivity index (χ0n) is 12.8. The van der Waals surface area contributed by atoms with Crippen molar-refractivity contribution in [3.63, 3.8) is 0 Å². The van der Waals surface area contributed by atoms with Crippen LogP contribution in [-0.2, 0) is 9.53 Å². The number of hydrogen-bond donors (Lipinski definition) is 0. The molecule has 0 aliphatic carbocycles. The van der Waals surface area contributed by atoms with Gasteiger partial charge in [0.1, 0.15) is 11.6 Å². The van der Waals surface area contributed by atoms with Gasteiger partial charge in [0.25, 0.3) is 0 Å². The van der Waals surface area contributed by atoms with Crippen LogP contribution in [0.4, 0.5) is 4.39 Å². The van der Waals surface area contributed by atoms with E-state index in [0.717, 1.165) is 19.3 Å². The van der Waals surface area contributed by atoms with Gasteiger partial charge in [-0.25, -0.2) is 9.18 Å². The lowest BCUT2D eigenvalue weighted by Crippen LogP contribution is -2.16. The Morgan fingerprint density at radius 2 is 1.95 bits per heavy atom. The summed E-state index contributed by atoms with van der Waals surface area (Å²) in [5, 5.41) is 0. The number of Topliss-reactive ketones (excluding diaryl/α,β-unsaturated/α-hetero) is 1. The molecule has 1 atom stereocenters. The highest BCUT2D eigenvalue weighted by molar-refractivity contribution is 5.93. The number of ether oxygens (including phenoxy) is 1. The second-order valence-corrected chi connectivity index (χ2v) is 5.67. The van der Waals surface area contributed by atoms with Gasteiger partial charge < -0.3 is 4.74 Å². The predicted molar refractivity (Wildman–Crippen MR) is 83.0 cm³/mol. The number of cyclic esters (lactones) is 1. The molecule has 0 saturated heterocycles. The molecule has 2 rings (SSSR count). The van der Waals surface area contributed by atoms with Crippen molar-refractivity contribution >= 4 is 17.8 Å². The largest absolute Gasteiger partial charge is 0.459 e. The molecular formula is C18H21FO3. The maximum Gasteiger partial charge on any atom is 0.339 e. The summed E-state index contributed by atoms with van der Waals surface area (Å²) in [4.78, 5) is 23.9. The minimum absolute atomic E-state index is 0.246. The second kappa shape index (κ2) is 7.87. The molecule has 0 N–H and O–H groups in total. The number of allylic oxidation sites excluding steroid dienone is 1. The SMILES string of the molecule is C[C@H]1CCCC(=O)CCC/C=C/c2cc(F)ccc2C(=O)O1. The Morgan fingerprint density at radius 1 is 1.18 bits per heavy atom. The van der Waals surface area contributed by atoms with Crippen LogP contribution in [0.1, 0.15) is 61.4 Å². The number of ketones is 1. The minimum atomic E-state index is -0.449. The van der Waals surface area contributed by atoms with Crippen LogP contribution in [0.25, 0.3) is 6.08 Å². The zero-order valence-corrected chi connectivity index (χ0v) is 12.8. The Bertz CT molecular complexity index is 578. The van der Waals surface area contributed by atoms with Gasteiger partial charge >= 0.3 is 5.97 Å². The molecule has 0 bridgehead atoms. The van der Waals surface area contributed by atoms with Crippen LogP contribution >= 0.6 is 0 Å². The van der Waals surface area contributed by atoms with Gasteiger partial charge in [0, 0.05) is 12.8 Å². The predicted octanol–water partition coefficient (Wildman–Crippen LogP) is 4.31. The van der Waals surface area contributed by atoms with E-state index in [1.165, 1.54) is 18.2 Å². The van der Waals surface area contributed by atoms with Gasteiger partial charge in [-0.15, -0.1) is 0 Å². The summed E-state index contributed by atoms with van der Waals surface area (Å²) in [5.41, 5.74) is 0.887. The van der Waals surface area contributed by atoms with Gasteiger partial charge in [-0.1, -0.05) is 12.2 Å². The number of halogens is 1. The Morgan fingerprint density at radius 3 is 2.77 bits per heavy atom. The Balaban J connectivity index is 2.23. The standard InChI is InChI=1S/C18H21FO3/c1-13-6-5-9-16(20)8-4-2-3-7-14-12-15(19)10-11-17(14)18(21)22-13/h3,7,10-13H,2,4-6,8-9H2,1H3/b7-3+/t13-/m0/s1. The molecule has 1 aromatic carbocycles. The van der Waals surface area contributed by atoms with E-state index in [1.54, 1.807) is 6.08 Å². The molecule has 4 heteroatoms. The highest BCUT2D eigenvalue weighted by Gasteiger charge is 2.16. The van der Waals surface area contributed by atoms with Crippen molar-refractivity contribution < 1.29 is 18.7 Å². The summed E-state index contributed by atoms with van der Waals surface area (Å²) in [6, 6.07) is 4.05. The number of fused-ring (bicyclic) bond motifs is 1. The lowest BCUT2D eigenvalue weighted by atomic mass is 10.0. The summed E-state index contributed by atoms with van der Waals surface area (Å²) < 4.78 is 18.8. The molecule has 1 heterocycles. The quantitative estimate of drug-likeness (QED) is 0.671. The van der Waals surface area contributed by atoms with E-state index in [4.69, 9.17) is 4.74 Å². The van der Waals surface area contributed by atoms with Crippen LogP contribution in [0.2, 0.25) is 0 Å². The van der Waals surface area contributed by atoms with Crippen LogP contribution in [-0.4, -0.2) is 17.9 Å². The van der Waals surface area contributed by atoms with E-state index in [0.29, 0.717) is 30.4 Å². The molecule has 0 unspecified atom stereocenters. The molecule has 0 amide bonds. The first-order valence-electron chi connectivity index (χ1n) is 7.75. The van der Waals surface area contributed by atoms with Crippen molar-refractivity contribution in [3.05, 3.63) is 41.2 Å². The highest BCUT2D eigenvalue weighted by Crippen LogP contribution is 2.18. The van der Waals surface area contributed by atoms with E-state index in [9.17, 15) is 14.0 Å². The summed E-state index contributed by atoms with van der Waals surface area (Å²) in [6.45, 7) is 1.81. The number of carbonyl (C=O) groups is 2. The van der Waals surface area contributed by atoms with E-state index >= 15 is 0 Å². The molecule has 22 heavy (non-hydrogen) atoms. The Labute approximate surface area is 130 Å². The van der Waals surface area contributed by atoms with Gasteiger partial charge in [0.15, 0.2) is 0 Å². The van der Waals surface area contributed by atoms with E-state index in [1.807, 2.05) is 13.0 Å². The first kappa shape index (κ1) is 16.4. The number of esters is 1. The fourth-order valence-electron chi connectivity index (χ4n) is 2.50. The first-order chi connectivity index (χ1) is 10.6. The summed E-state index contributed by atoms with van der Waals surface area (Å²) in [6.07, 6.45) is 7.32. The molecular weight excluding hydrogens is 283 g/mol. The van der Waals surface area contributed by atoms with Gasteiger partial charge in [0.05, 0.1) is 11.7 Å². The molecule has 0 spiro atoms. The smallest absolute Gasteiger partial charge is 0.339 e. The molecule has 0 radical (unpaired) electrons. The Hall–Kier alpha value is -1.97. The highest BCUT2D eigenvalue weighted by atomic mass is 19.1. The summed E-state index contributed by atoms with van der Waals surface area (Å²) in [5.74, 6) is -0.591. The van der Waals surface area contributed by atoms with E-state index in [-0.39, 0.29) is 17.7 Å². The van der Waals surface area contributed by atoms with Crippen LogP contribution in [0.5, 0.6) is 0 Å². The van der Waals surface area contributed by atoms with E-state index < -0.39 is 5.97 Å². The van der Waals surface area contributed by atoms with Crippen LogP contribution < -0.4 is 0 Å². The van der Waals surface area contributed by atoms with Crippen molar-refractivity contribution in [2.75, 3.05) is 0 Å². The van der Waals surface area contributed by atoms with Gasteiger partial charge in [0.2, 0.25) is 0 Å². The molecule has 0 aromatic heterocycles. The third kappa shape index (κ3) is 4.79. The average Bonchev–Trinajstić information content (AvgIpc) is 2.46. The number of carbonyl (C=O) groups excluding carboxylic acids is 2. The maximum atomic E-state index is 13.4. The van der Waals surface area contributed by atoms with Crippen molar-refractivity contribution in [2.45, 2.75) is 51.6 Å². The summed E-state index contributed by atoms with van der Waals surface area (Å²) in [7, 11) is 0. The number of benzene rings is 1. The average molecular weight is 304 g/mol. The monoisotopic (exact) mass is 304 g/mol. The van der Waals surface area contributed by atoms with Crippen molar-refractivity contribution in [3.8, 4) is 0 Å². The van der Waals surface area contributed by atoms with Crippen molar-refractivity contribution in [1.29, 1.82) is 0 Å². The minimum Gasteiger partial charge on any atom is -0.459 e. The second-order valence-electron chi connectivity index (χ2n) is 5.67. The van der Waals surface area contributed by atoms with Crippen LogP contribution in [0.15, 0.2) is 24.3 Å².